The van der Waals surface area contributed by atoms with Crippen LogP contribution in [0.5, 0.6) is 0 Å². The monoisotopic (exact) mass is 402 g/mol. The maximum absolute atomic E-state index is 12.9. The maximum Gasteiger partial charge on any atom is 0.271 e. The Morgan fingerprint density at radius 1 is 0.900 bits per heavy atom. The molecule has 0 aliphatic carbocycles. The van der Waals surface area contributed by atoms with E-state index in [1.54, 1.807) is 12.1 Å². The molecule has 6 nitrogen and oxygen atoms in total. The van der Waals surface area contributed by atoms with Gasteiger partial charge in [0.25, 0.3) is 11.5 Å². The largest absolute Gasteiger partial charge is 0.353 e. The molecular formula is C24H26N4O2. The van der Waals surface area contributed by atoms with Crippen LogP contribution in [0.4, 0.5) is 5.82 Å². The van der Waals surface area contributed by atoms with E-state index in [0.717, 1.165) is 36.5 Å². The molecule has 2 heterocycles. The van der Waals surface area contributed by atoms with Gasteiger partial charge >= 0.3 is 0 Å². The Kier molecular flexibility index (Phi) is 5.93. The summed E-state index contributed by atoms with van der Waals surface area (Å²) in [6.45, 7) is 4.91. The molecule has 1 saturated heterocycles. The number of aryl methyl sites for hydroxylation is 1. The third kappa shape index (κ3) is 4.27. The fourth-order valence-corrected chi connectivity index (χ4v) is 3.74. The molecule has 0 atom stereocenters. The zero-order valence-electron chi connectivity index (χ0n) is 17.2. The molecule has 0 N–H and O–H groups in total. The standard InChI is InChI=1S/C24H26N4O2/c1-2-19-9-11-20(12-10-19)24(30)27-16-6-15-26(17-18-27)22-13-14-23(29)28(25-22)21-7-4-3-5-8-21/h3-5,7-14H,2,6,15-18H2,1H3. The molecule has 3 aromatic rings. The predicted molar refractivity (Wildman–Crippen MR) is 118 cm³/mol. The lowest BCUT2D eigenvalue weighted by molar-refractivity contribution is 0.0767. The van der Waals surface area contributed by atoms with Crippen LogP contribution in [0.1, 0.15) is 29.3 Å². The Bertz CT molecular complexity index is 1060. The molecule has 1 aliphatic heterocycles. The Labute approximate surface area is 176 Å². The summed E-state index contributed by atoms with van der Waals surface area (Å²) in [6, 6.07) is 20.6. The van der Waals surface area contributed by atoms with Crippen LogP contribution < -0.4 is 10.5 Å². The van der Waals surface area contributed by atoms with E-state index in [1.807, 2.05) is 59.5 Å². The summed E-state index contributed by atoms with van der Waals surface area (Å²) in [7, 11) is 0. The first-order chi connectivity index (χ1) is 14.7. The highest BCUT2D eigenvalue weighted by Gasteiger charge is 2.21. The molecule has 1 aromatic heterocycles. The van der Waals surface area contributed by atoms with Crippen LogP contribution in [0, 0.1) is 0 Å². The first kappa shape index (κ1) is 19.9. The molecule has 2 aromatic carbocycles. The molecule has 4 rings (SSSR count). The summed E-state index contributed by atoms with van der Waals surface area (Å²) in [5.74, 6) is 0.821. The van der Waals surface area contributed by atoms with Crippen LogP contribution in [0.3, 0.4) is 0 Å². The summed E-state index contributed by atoms with van der Waals surface area (Å²) >= 11 is 0. The number of nitrogens with zero attached hydrogens (tertiary/aromatic N) is 4. The fraction of sp³-hybridized carbons (Fsp3) is 0.292. The van der Waals surface area contributed by atoms with E-state index in [-0.39, 0.29) is 11.5 Å². The second-order valence-corrected chi connectivity index (χ2v) is 7.46. The Morgan fingerprint density at radius 3 is 2.40 bits per heavy atom. The van der Waals surface area contributed by atoms with Crippen molar-refractivity contribution in [3.8, 4) is 5.69 Å². The SMILES string of the molecule is CCc1ccc(C(=O)N2CCCN(c3ccc(=O)n(-c4ccccc4)n3)CC2)cc1. The summed E-state index contributed by atoms with van der Waals surface area (Å²) in [4.78, 5) is 29.3. The molecule has 30 heavy (non-hydrogen) atoms. The van der Waals surface area contributed by atoms with Crippen molar-refractivity contribution in [2.24, 2.45) is 0 Å². The van der Waals surface area contributed by atoms with Gasteiger partial charge in [0.05, 0.1) is 5.69 Å². The van der Waals surface area contributed by atoms with Gasteiger partial charge in [-0.25, -0.2) is 0 Å². The van der Waals surface area contributed by atoms with Gasteiger partial charge in [0.1, 0.15) is 5.82 Å². The number of benzene rings is 2. The number of para-hydroxylation sites is 1. The van der Waals surface area contributed by atoms with Gasteiger partial charge in [0.15, 0.2) is 0 Å². The lowest BCUT2D eigenvalue weighted by Crippen LogP contribution is -2.36. The molecule has 6 heteroatoms. The quantitative estimate of drug-likeness (QED) is 0.673. The van der Waals surface area contributed by atoms with Crippen molar-refractivity contribution in [2.75, 3.05) is 31.1 Å². The Hall–Kier alpha value is -3.41. The number of carbonyl (C=O) groups is 1. The summed E-state index contributed by atoms with van der Waals surface area (Å²) in [6.07, 6.45) is 1.82. The molecule has 0 unspecified atom stereocenters. The van der Waals surface area contributed by atoms with Crippen LogP contribution in [-0.4, -0.2) is 46.8 Å². The van der Waals surface area contributed by atoms with Crippen molar-refractivity contribution in [1.29, 1.82) is 0 Å². The van der Waals surface area contributed by atoms with E-state index >= 15 is 0 Å². The van der Waals surface area contributed by atoms with E-state index in [1.165, 1.54) is 10.2 Å². The topological polar surface area (TPSA) is 58.4 Å². The van der Waals surface area contributed by atoms with Gasteiger partial charge in [0.2, 0.25) is 0 Å². The Morgan fingerprint density at radius 2 is 1.67 bits per heavy atom. The maximum atomic E-state index is 12.9. The van der Waals surface area contributed by atoms with Crippen molar-refractivity contribution in [3.63, 3.8) is 0 Å². The number of rotatable bonds is 4. The van der Waals surface area contributed by atoms with Crippen LogP contribution in [0.25, 0.3) is 5.69 Å². The number of hydrogen-bond acceptors (Lipinski definition) is 4. The van der Waals surface area contributed by atoms with Crippen molar-refractivity contribution in [2.45, 2.75) is 19.8 Å². The van der Waals surface area contributed by atoms with E-state index in [9.17, 15) is 9.59 Å². The molecule has 0 bridgehead atoms. The smallest absolute Gasteiger partial charge is 0.271 e. The van der Waals surface area contributed by atoms with Crippen molar-refractivity contribution >= 4 is 11.7 Å². The molecule has 1 aliphatic rings. The second kappa shape index (κ2) is 8.95. The van der Waals surface area contributed by atoms with Crippen LogP contribution in [0.2, 0.25) is 0 Å². The first-order valence-corrected chi connectivity index (χ1v) is 10.4. The first-order valence-electron chi connectivity index (χ1n) is 10.4. The van der Waals surface area contributed by atoms with Gasteiger partial charge in [0, 0.05) is 37.8 Å². The third-order valence-electron chi connectivity index (χ3n) is 5.50. The van der Waals surface area contributed by atoms with Gasteiger partial charge in [-0.05, 0) is 48.7 Å². The van der Waals surface area contributed by atoms with Gasteiger partial charge < -0.3 is 9.80 Å². The van der Waals surface area contributed by atoms with Gasteiger partial charge in [-0.3, -0.25) is 9.59 Å². The number of aromatic nitrogens is 2. The average molecular weight is 402 g/mol. The van der Waals surface area contributed by atoms with E-state index < -0.39 is 0 Å². The van der Waals surface area contributed by atoms with Gasteiger partial charge in [-0.15, -0.1) is 5.10 Å². The lowest BCUT2D eigenvalue weighted by Gasteiger charge is -2.23. The van der Waals surface area contributed by atoms with Gasteiger partial charge in [-0.1, -0.05) is 37.3 Å². The highest BCUT2D eigenvalue weighted by atomic mass is 16.2. The zero-order valence-corrected chi connectivity index (χ0v) is 17.2. The highest BCUT2D eigenvalue weighted by molar-refractivity contribution is 5.94. The van der Waals surface area contributed by atoms with Gasteiger partial charge in [-0.2, -0.15) is 4.68 Å². The van der Waals surface area contributed by atoms with E-state index in [2.05, 4.69) is 16.9 Å². The molecule has 0 radical (unpaired) electrons. The molecular weight excluding hydrogens is 376 g/mol. The molecule has 1 amide bonds. The highest BCUT2D eigenvalue weighted by Crippen LogP contribution is 2.16. The summed E-state index contributed by atoms with van der Waals surface area (Å²) in [5, 5.41) is 4.58. The Balaban J connectivity index is 1.49. The minimum Gasteiger partial charge on any atom is -0.353 e. The zero-order chi connectivity index (χ0) is 20.9. The van der Waals surface area contributed by atoms with E-state index in [4.69, 9.17) is 0 Å². The van der Waals surface area contributed by atoms with Crippen molar-refractivity contribution in [3.05, 3.63) is 88.2 Å². The lowest BCUT2D eigenvalue weighted by atomic mass is 10.1. The van der Waals surface area contributed by atoms with E-state index in [0.29, 0.717) is 19.6 Å². The summed E-state index contributed by atoms with van der Waals surface area (Å²) < 4.78 is 1.43. The average Bonchev–Trinajstić information content (AvgIpc) is 3.06. The fourth-order valence-electron chi connectivity index (χ4n) is 3.74. The molecule has 154 valence electrons. The number of hydrogen-bond donors (Lipinski definition) is 0. The van der Waals surface area contributed by atoms with Crippen LogP contribution in [0.15, 0.2) is 71.5 Å². The van der Waals surface area contributed by atoms with Crippen molar-refractivity contribution in [1.82, 2.24) is 14.7 Å². The molecule has 1 fully saturated rings. The molecule has 0 spiro atoms. The normalized spacial score (nSPS) is 14.4. The van der Waals surface area contributed by atoms with Crippen molar-refractivity contribution < 1.29 is 4.79 Å². The van der Waals surface area contributed by atoms with Crippen LogP contribution in [-0.2, 0) is 6.42 Å². The predicted octanol–water partition coefficient (Wildman–Crippen LogP) is 3.15. The summed E-state index contributed by atoms with van der Waals surface area (Å²) in [5.41, 5.74) is 2.54. The third-order valence-corrected chi connectivity index (χ3v) is 5.50. The van der Waals surface area contributed by atoms with Crippen LogP contribution >= 0.6 is 0 Å². The number of carbonyl (C=O) groups excluding carboxylic acids is 1. The minimum absolute atomic E-state index is 0.0710. The molecule has 0 saturated carbocycles. The second-order valence-electron chi connectivity index (χ2n) is 7.46. The number of amides is 1. The number of anilines is 1. The minimum atomic E-state index is -0.160.